The molecule has 1 amide bonds. The Morgan fingerprint density at radius 2 is 1.77 bits per heavy atom. The predicted octanol–water partition coefficient (Wildman–Crippen LogP) is -1.40. The fraction of sp³-hybridized carbons (Fsp3) is 0.857. The fourth-order valence-corrected chi connectivity index (χ4v) is 0.744. The van der Waals surface area contributed by atoms with E-state index in [9.17, 15) is 4.79 Å². The summed E-state index contributed by atoms with van der Waals surface area (Å²) in [5.74, 6) is -0.392. The van der Waals surface area contributed by atoms with Gasteiger partial charge in [0.1, 0.15) is 5.54 Å². The molecule has 78 valence electrons. The highest BCUT2D eigenvalue weighted by Crippen LogP contribution is 2.05. The van der Waals surface area contributed by atoms with E-state index < -0.39 is 36.1 Å². The molecule has 1 unspecified atom stereocenters. The molecular weight excluding hydrogens is 242 g/mol. The number of carbonyl (C=O) groups excluding carboxylic acids is 1. The minimum absolute atomic E-state index is 0.392. The van der Waals surface area contributed by atoms with Crippen LogP contribution in [-0.2, 0) is 4.79 Å². The Morgan fingerprint density at radius 1 is 1.38 bits per heavy atom. The van der Waals surface area contributed by atoms with Crippen LogP contribution in [0, 0.1) is 0 Å². The quantitative estimate of drug-likeness (QED) is 0.455. The second-order valence-electron chi connectivity index (χ2n) is 2.86. The maximum atomic E-state index is 11.1. The molecule has 0 heterocycles. The van der Waals surface area contributed by atoms with E-state index in [-0.39, 0.29) is 0 Å². The average Bonchev–Trinajstić information content (AvgIpc) is 2.14. The highest BCUT2D eigenvalue weighted by atomic mass is 79.9. The predicted molar refractivity (Wildman–Crippen MR) is 50.5 cm³/mol. The van der Waals surface area contributed by atoms with E-state index in [1.165, 1.54) is 0 Å². The summed E-state index contributed by atoms with van der Waals surface area (Å²) in [5, 5.41) is 28.9. The van der Waals surface area contributed by atoms with Crippen LogP contribution in [0.1, 0.15) is 6.92 Å². The van der Waals surface area contributed by atoms with Crippen LogP contribution in [0.25, 0.3) is 0 Å². The number of halogens is 1. The Bertz CT molecular complexity index is 162. The standard InChI is InChI=1S/C7H14BrNO4/c1-5(8)6(13)9-7(2-10,3-11)4-12/h5,10-12H,2-4H2,1H3,(H,9,13). The number of alkyl halides is 1. The summed E-state index contributed by atoms with van der Waals surface area (Å²) >= 11 is 3.02. The van der Waals surface area contributed by atoms with E-state index in [2.05, 4.69) is 21.2 Å². The van der Waals surface area contributed by atoms with E-state index in [0.717, 1.165) is 0 Å². The van der Waals surface area contributed by atoms with E-state index in [4.69, 9.17) is 15.3 Å². The molecule has 0 saturated heterocycles. The van der Waals surface area contributed by atoms with Gasteiger partial charge in [-0.1, -0.05) is 15.9 Å². The molecule has 4 N–H and O–H groups in total. The van der Waals surface area contributed by atoms with E-state index in [1.54, 1.807) is 6.92 Å². The summed E-state index contributed by atoms with van der Waals surface area (Å²) in [7, 11) is 0. The summed E-state index contributed by atoms with van der Waals surface area (Å²) in [4.78, 5) is 10.7. The number of aliphatic hydroxyl groups excluding tert-OH is 3. The zero-order valence-electron chi connectivity index (χ0n) is 7.33. The molecule has 0 rings (SSSR count). The van der Waals surface area contributed by atoms with Crippen molar-refractivity contribution >= 4 is 21.8 Å². The fourth-order valence-electron chi connectivity index (χ4n) is 0.629. The number of carbonyl (C=O) groups is 1. The van der Waals surface area contributed by atoms with Crippen LogP contribution in [0.15, 0.2) is 0 Å². The molecule has 0 aromatic heterocycles. The Kier molecular flexibility index (Phi) is 5.46. The van der Waals surface area contributed by atoms with Crippen LogP contribution in [0.3, 0.4) is 0 Å². The summed E-state index contributed by atoms with van der Waals surface area (Å²) in [6.45, 7) is 0.0780. The number of amides is 1. The van der Waals surface area contributed by atoms with Crippen molar-refractivity contribution in [1.29, 1.82) is 0 Å². The van der Waals surface area contributed by atoms with Gasteiger partial charge in [0.15, 0.2) is 0 Å². The third-order valence-electron chi connectivity index (χ3n) is 1.66. The van der Waals surface area contributed by atoms with E-state index in [0.29, 0.717) is 0 Å². The van der Waals surface area contributed by atoms with Crippen molar-refractivity contribution in [3.63, 3.8) is 0 Å². The van der Waals surface area contributed by atoms with Gasteiger partial charge in [-0.05, 0) is 6.92 Å². The SMILES string of the molecule is CC(Br)C(=O)NC(CO)(CO)CO. The van der Waals surface area contributed by atoms with Crippen molar-refractivity contribution < 1.29 is 20.1 Å². The van der Waals surface area contributed by atoms with Gasteiger partial charge in [-0.15, -0.1) is 0 Å². The van der Waals surface area contributed by atoms with Gasteiger partial charge in [-0.2, -0.15) is 0 Å². The third kappa shape index (κ3) is 3.60. The van der Waals surface area contributed by atoms with Crippen LogP contribution < -0.4 is 5.32 Å². The summed E-state index contributed by atoms with van der Waals surface area (Å²) in [6.07, 6.45) is 0. The molecular formula is C7H14BrNO4. The van der Waals surface area contributed by atoms with Gasteiger partial charge in [-0.25, -0.2) is 0 Å². The smallest absolute Gasteiger partial charge is 0.234 e. The lowest BCUT2D eigenvalue weighted by molar-refractivity contribution is -0.124. The number of hydrogen-bond donors (Lipinski definition) is 4. The third-order valence-corrected chi connectivity index (χ3v) is 2.07. The van der Waals surface area contributed by atoms with Gasteiger partial charge in [0.05, 0.1) is 24.6 Å². The highest BCUT2D eigenvalue weighted by Gasteiger charge is 2.30. The van der Waals surface area contributed by atoms with Gasteiger partial charge < -0.3 is 20.6 Å². The Balaban J connectivity index is 4.33. The first-order valence-corrected chi connectivity index (χ1v) is 4.71. The largest absolute Gasteiger partial charge is 0.394 e. The molecule has 0 aliphatic heterocycles. The molecule has 0 aromatic rings. The van der Waals surface area contributed by atoms with Crippen molar-refractivity contribution in [1.82, 2.24) is 5.32 Å². The van der Waals surface area contributed by atoms with Crippen molar-refractivity contribution in [2.24, 2.45) is 0 Å². The van der Waals surface area contributed by atoms with Crippen molar-refractivity contribution in [2.45, 2.75) is 17.3 Å². The maximum absolute atomic E-state index is 11.1. The van der Waals surface area contributed by atoms with Gasteiger partial charge in [0.25, 0.3) is 0 Å². The van der Waals surface area contributed by atoms with Crippen LogP contribution in [0.4, 0.5) is 0 Å². The molecule has 6 heteroatoms. The molecule has 0 radical (unpaired) electrons. The normalized spacial score (nSPS) is 13.9. The van der Waals surface area contributed by atoms with E-state index >= 15 is 0 Å². The zero-order chi connectivity index (χ0) is 10.5. The molecule has 0 bridgehead atoms. The number of nitrogens with one attached hydrogen (secondary N) is 1. The molecule has 13 heavy (non-hydrogen) atoms. The molecule has 0 saturated carbocycles. The molecule has 0 fully saturated rings. The van der Waals surface area contributed by atoms with Crippen molar-refractivity contribution in [3.8, 4) is 0 Å². The topological polar surface area (TPSA) is 89.8 Å². The second kappa shape index (κ2) is 5.54. The monoisotopic (exact) mass is 255 g/mol. The number of rotatable bonds is 5. The van der Waals surface area contributed by atoms with Crippen LogP contribution in [0.2, 0.25) is 0 Å². The Labute approximate surface area is 84.9 Å². The zero-order valence-corrected chi connectivity index (χ0v) is 8.91. The van der Waals surface area contributed by atoms with Crippen molar-refractivity contribution in [3.05, 3.63) is 0 Å². The molecule has 0 aliphatic rings. The molecule has 0 aromatic carbocycles. The summed E-state index contributed by atoms with van der Waals surface area (Å²) in [6, 6.07) is 0. The lowest BCUT2D eigenvalue weighted by Gasteiger charge is -2.29. The average molecular weight is 256 g/mol. The lowest BCUT2D eigenvalue weighted by Crippen LogP contribution is -2.58. The number of hydrogen-bond acceptors (Lipinski definition) is 4. The minimum atomic E-state index is -1.33. The minimum Gasteiger partial charge on any atom is -0.394 e. The molecule has 0 spiro atoms. The first-order chi connectivity index (χ1) is 6.01. The van der Waals surface area contributed by atoms with E-state index in [1.807, 2.05) is 0 Å². The van der Waals surface area contributed by atoms with Gasteiger partial charge in [0.2, 0.25) is 5.91 Å². The first kappa shape index (κ1) is 12.8. The Hall–Kier alpha value is -0.170. The van der Waals surface area contributed by atoms with Gasteiger partial charge in [-0.3, -0.25) is 4.79 Å². The summed E-state index contributed by atoms with van der Waals surface area (Å²) < 4.78 is 0. The summed E-state index contributed by atoms with van der Waals surface area (Å²) in [5.41, 5.74) is -1.33. The molecule has 5 nitrogen and oxygen atoms in total. The van der Waals surface area contributed by atoms with Crippen LogP contribution >= 0.6 is 15.9 Å². The van der Waals surface area contributed by atoms with Crippen LogP contribution in [0.5, 0.6) is 0 Å². The second-order valence-corrected chi connectivity index (χ2v) is 4.23. The van der Waals surface area contributed by atoms with Gasteiger partial charge >= 0.3 is 0 Å². The maximum Gasteiger partial charge on any atom is 0.234 e. The van der Waals surface area contributed by atoms with Gasteiger partial charge in [0, 0.05) is 0 Å². The first-order valence-electron chi connectivity index (χ1n) is 3.80. The molecule has 0 aliphatic carbocycles. The number of aliphatic hydroxyl groups is 3. The van der Waals surface area contributed by atoms with Crippen LogP contribution in [-0.4, -0.2) is 51.4 Å². The molecule has 1 atom stereocenters. The highest BCUT2D eigenvalue weighted by molar-refractivity contribution is 9.10. The lowest BCUT2D eigenvalue weighted by atomic mass is 10.0. The Morgan fingerprint density at radius 3 is 2.00 bits per heavy atom. The van der Waals surface area contributed by atoms with Crippen molar-refractivity contribution in [2.75, 3.05) is 19.8 Å².